The van der Waals surface area contributed by atoms with E-state index < -0.39 is 18.0 Å². The highest BCUT2D eigenvalue weighted by Crippen LogP contribution is 2.24. The minimum atomic E-state index is -0.671. The molecule has 0 fully saturated rings. The Morgan fingerprint density at radius 1 is 0.500 bits per heavy atom. The van der Waals surface area contributed by atoms with E-state index in [1.54, 1.807) is 55.5 Å². The largest absolute Gasteiger partial charge is 0.462 e. The molecule has 0 aliphatic heterocycles. The first-order chi connectivity index (χ1) is 23.4. The van der Waals surface area contributed by atoms with Gasteiger partial charge >= 0.3 is 17.9 Å². The Bertz CT molecular complexity index is 1350. The lowest BCUT2D eigenvalue weighted by Gasteiger charge is -2.13. The molecule has 3 aromatic rings. The van der Waals surface area contributed by atoms with Crippen molar-refractivity contribution in [1.29, 1.82) is 0 Å². The SMILES string of the molecule is CCCCCCCCCCCCO[C@@H](C)C(=O)Oc1ccc(C(=O)Oc2ccc(-c3ccc(C(=O)OCCCCCC)cc3)cc2)cc1. The smallest absolute Gasteiger partial charge is 0.343 e. The fourth-order valence-corrected chi connectivity index (χ4v) is 5.23. The molecule has 0 heterocycles. The van der Waals surface area contributed by atoms with Crippen LogP contribution in [0.4, 0.5) is 0 Å². The number of esters is 3. The summed E-state index contributed by atoms with van der Waals surface area (Å²) >= 11 is 0. The van der Waals surface area contributed by atoms with E-state index in [0.717, 1.165) is 49.7 Å². The van der Waals surface area contributed by atoms with Gasteiger partial charge in [-0.05, 0) is 79.4 Å². The van der Waals surface area contributed by atoms with E-state index in [0.29, 0.717) is 35.8 Å². The number of hydrogen-bond acceptors (Lipinski definition) is 7. The molecule has 0 saturated heterocycles. The molecule has 7 heteroatoms. The number of ether oxygens (including phenoxy) is 4. The zero-order chi connectivity index (χ0) is 34.4. The first-order valence-electron chi connectivity index (χ1n) is 17.9. The molecule has 0 aromatic heterocycles. The van der Waals surface area contributed by atoms with Crippen molar-refractivity contribution in [3.05, 3.63) is 83.9 Å². The molecule has 0 aliphatic rings. The summed E-state index contributed by atoms with van der Waals surface area (Å²) in [5, 5.41) is 0. The van der Waals surface area contributed by atoms with Crippen molar-refractivity contribution in [3.63, 3.8) is 0 Å². The molecule has 0 radical (unpaired) electrons. The number of carbonyl (C=O) groups excluding carboxylic acids is 3. The maximum Gasteiger partial charge on any atom is 0.343 e. The molecule has 0 aliphatic carbocycles. The Kier molecular flexibility index (Phi) is 18.1. The van der Waals surface area contributed by atoms with E-state index >= 15 is 0 Å². The number of rotatable bonds is 23. The van der Waals surface area contributed by atoms with Crippen LogP contribution < -0.4 is 9.47 Å². The lowest BCUT2D eigenvalue weighted by molar-refractivity contribution is -0.146. The minimum Gasteiger partial charge on any atom is -0.462 e. The van der Waals surface area contributed by atoms with Crippen molar-refractivity contribution in [2.24, 2.45) is 0 Å². The van der Waals surface area contributed by atoms with Crippen LogP contribution in [0.3, 0.4) is 0 Å². The van der Waals surface area contributed by atoms with Gasteiger partial charge in [0.2, 0.25) is 0 Å². The van der Waals surface area contributed by atoms with Crippen molar-refractivity contribution in [2.45, 2.75) is 117 Å². The average Bonchev–Trinajstić information content (AvgIpc) is 3.11. The van der Waals surface area contributed by atoms with Crippen LogP contribution >= 0.6 is 0 Å². The Balaban J connectivity index is 1.36. The fourth-order valence-electron chi connectivity index (χ4n) is 5.23. The highest BCUT2D eigenvalue weighted by molar-refractivity contribution is 5.91. The van der Waals surface area contributed by atoms with Gasteiger partial charge in [0.15, 0.2) is 6.10 Å². The highest BCUT2D eigenvalue weighted by atomic mass is 16.6. The first kappa shape index (κ1) is 38.5. The fraction of sp³-hybridized carbons (Fsp3) is 0.488. The van der Waals surface area contributed by atoms with Crippen LogP contribution in [-0.4, -0.2) is 37.2 Å². The molecule has 3 rings (SSSR count). The molecule has 0 saturated carbocycles. The predicted molar refractivity (Wildman–Crippen MR) is 191 cm³/mol. The second kappa shape index (κ2) is 22.6. The molecule has 7 nitrogen and oxygen atoms in total. The monoisotopic (exact) mass is 658 g/mol. The van der Waals surface area contributed by atoms with Gasteiger partial charge in [0.25, 0.3) is 0 Å². The maximum absolute atomic E-state index is 12.7. The molecule has 0 unspecified atom stereocenters. The quantitative estimate of drug-likeness (QED) is 0.0569. The van der Waals surface area contributed by atoms with Crippen LogP contribution in [0.15, 0.2) is 72.8 Å². The van der Waals surface area contributed by atoms with Crippen LogP contribution in [-0.2, 0) is 14.3 Å². The Labute approximate surface area is 287 Å². The molecule has 0 bridgehead atoms. The zero-order valence-corrected chi connectivity index (χ0v) is 29.2. The number of unbranched alkanes of at least 4 members (excludes halogenated alkanes) is 12. The minimum absolute atomic E-state index is 0.315. The van der Waals surface area contributed by atoms with Gasteiger partial charge in [-0.2, -0.15) is 0 Å². The first-order valence-corrected chi connectivity index (χ1v) is 17.9. The summed E-state index contributed by atoms with van der Waals surface area (Å²) in [5.41, 5.74) is 2.69. The zero-order valence-electron chi connectivity index (χ0n) is 29.2. The van der Waals surface area contributed by atoms with Crippen LogP contribution in [0, 0.1) is 0 Å². The van der Waals surface area contributed by atoms with Gasteiger partial charge in [-0.3, -0.25) is 0 Å². The number of carbonyl (C=O) groups is 3. The Morgan fingerprint density at radius 3 is 1.50 bits per heavy atom. The van der Waals surface area contributed by atoms with Crippen LogP contribution in [0.5, 0.6) is 11.5 Å². The van der Waals surface area contributed by atoms with E-state index in [4.69, 9.17) is 18.9 Å². The summed E-state index contributed by atoms with van der Waals surface area (Å²) in [7, 11) is 0. The van der Waals surface area contributed by atoms with Crippen LogP contribution in [0.25, 0.3) is 11.1 Å². The molecule has 1 atom stereocenters. The van der Waals surface area contributed by atoms with Gasteiger partial charge in [-0.1, -0.05) is 115 Å². The van der Waals surface area contributed by atoms with E-state index in [-0.39, 0.29) is 5.97 Å². The molecule has 0 amide bonds. The van der Waals surface area contributed by atoms with Crippen molar-refractivity contribution in [3.8, 4) is 22.6 Å². The summed E-state index contributed by atoms with van der Waals surface area (Å²) in [5.74, 6) is -0.571. The molecular weight excluding hydrogens is 604 g/mol. The van der Waals surface area contributed by atoms with E-state index in [1.807, 2.05) is 24.3 Å². The maximum atomic E-state index is 12.7. The Hall–Kier alpha value is -3.97. The van der Waals surface area contributed by atoms with E-state index in [1.165, 1.54) is 51.4 Å². The van der Waals surface area contributed by atoms with Crippen molar-refractivity contribution >= 4 is 17.9 Å². The highest BCUT2D eigenvalue weighted by Gasteiger charge is 2.17. The molecule has 260 valence electrons. The van der Waals surface area contributed by atoms with Crippen LogP contribution in [0.2, 0.25) is 0 Å². The molecule has 3 aromatic carbocycles. The molecule has 48 heavy (non-hydrogen) atoms. The van der Waals surface area contributed by atoms with E-state index in [2.05, 4.69) is 13.8 Å². The van der Waals surface area contributed by atoms with Crippen LogP contribution in [0.1, 0.15) is 131 Å². The third kappa shape index (κ3) is 14.4. The summed E-state index contributed by atoms with van der Waals surface area (Å²) in [6.07, 6.45) is 16.0. The lowest BCUT2D eigenvalue weighted by atomic mass is 10.0. The van der Waals surface area contributed by atoms with Crippen molar-refractivity contribution in [2.75, 3.05) is 13.2 Å². The summed E-state index contributed by atoms with van der Waals surface area (Å²) in [6, 6.07) is 20.7. The van der Waals surface area contributed by atoms with E-state index in [9.17, 15) is 14.4 Å². The lowest BCUT2D eigenvalue weighted by Crippen LogP contribution is -2.26. The number of benzene rings is 3. The van der Waals surface area contributed by atoms with Gasteiger partial charge in [0, 0.05) is 6.61 Å². The predicted octanol–water partition coefficient (Wildman–Crippen LogP) is 10.5. The third-order valence-electron chi connectivity index (χ3n) is 8.26. The standard InChI is InChI=1S/C41H54O7/c1-4-6-8-10-11-12-13-14-15-17-30-45-32(3)39(42)47-37-28-24-36(25-29-37)41(44)48-38-26-22-34(23-27-38)33-18-20-35(21-19-33)40(43)46-31-16-9-7-5-2/h18-29,32H,4-17,30-31H2,1-3H3/t32-/m0/s1. The van der Waals surface area contributed by atoms with Gasteiger partial charge in [0.05, 0.1) is 17.7 Å². The summed E-state index contributed by atoms with van der Waals surface area (Å²) in [4.78, 5) is 37.5. The van der Waals surface area contributed by atoms with Gasteiger partial charge in [0.1, 0.15) is 11.5 Å². The normalized spacial score (nSPS) is 11.6. The summed E-state index contributed by atoms with van der Waals surface area (Å²) < 4.78 is 22.0. The second-order valence-corrected chi connectivity index (χ2v) is 12.3. The van der Waals surface area contributed by atoms with Gasteiger partial charge in [-0.25, -0.2) is 14.4 Å². The second-order valence-electron chi connectivity index (χ2n) is 12.3. The molecular formula is C41H54O7. The van der Waals surface area contributed by atoms with Crippen molar-refractivity contribution in [1.82, 2.24) is 0 Å². The topological polar surface area (TPSA) is 88.1 Å². The Morgan fingerprint density at radius 2 is 0.917 bits per heavy atom. The average molecular weight is 659 g/mol. The van der Waals surface area contributed by atoms with Gasteiger partial charge in [-0.15, -0.1) is 0 Å². The van der Waals surface area contributed by atoms with Crippen molar-refractivity contribution < 1.29 is 33.3 Å². The third-order valence-corrected chi connectivity index (χ3v) is 8.26. The number of hydrogen-bond donors (Lipinski definition) is 0. The molecule has 0 spiro atoms. The molecule has 0 N–H and O–H groups in total. The summed E-state index contributed by atoms with van der Waals surface area (Å²) in [6.45, 7) is 7.04. The van der Waals surface area contributed by atoms with Gasteiger partial charge < -0.3 is 18.9 Å².